The number of hydrogen-bond donors (Lipinski definition) is 1. The lowest BCUT2D eigenvalue weighted by Gasteiger charge is -2.27. The summed E-state index contributed by atoms with van der Waals surface area (Å²) in [4.78, 5) is 6.40. The molecule has 1 aromatic heterocycles. The third-order valence-electron chi connectivity index (χ3n) is 5.18. The van der Waals surface area contributed by atoms with Crippen molar-refractivity contribution in [2.45, 2.75) is 46.2 Å². The molecule has 1 heterocycles. The van der Waals surface area contributed by atoms with Gasteiger partial charge in [-0.2, -0.15) is 0 Å². The van der Waals surface area contributed by atoms with E-state index in [1.807, 2.05) is 37.4 Å². The second-order valence-electron chi connectivity index (χ2n) is 8.80. The van der Waals surface area contributed by atoms with E-state index in [0.29, 0.717) is 18.2 Å². The Bertz CT molecular complexity index is 1010. The van der Waals surface area contributed by atoms with Gasteiger partial charge in [0.1, 0.15) is 5.75 Å². The van der Waals surface area contributed by atoms with Crippen LogP contribution in [0.15, 0.2) is 67.0 Å². The zero-order valence-corrected chi connectivity index (χ0v) is 19.8. The zero-order valence-electron chi connectivity index (χ0n) is 19.0. The van der Waals surface area contributed by atoms with Crippen molar-refractivity contribution in [3.05, 3.63) is 89.2 Å². The fourth-order valence-electron chi connectivity index (χ4n) is 3.34. The summed E-state index contributed by atoms with van der Waals surface area (Å²) in [5, 5.41) is 4.02. The van der Waals surface area contributed by atoms with E-state index in [9.17, 15) is 0 Å². The summed E-state index contributed by atoms with van der Waals surface area (Å²) >= 11 is 5.82. The van der Waals surface area contributed by atoms with Gasteiger partial charge in [0.25, 0.3) is 0 Å². The van der Waals surface area contributed by atoms with Crippen molar-refractivity contribution >= 4 is 23.0 Å². The van der Waals surface area contributed by atoms with Gasteiger partial charge in [0.05, 0.1) is 12.8 Å². The van der Waals surface area contributed by atoms with E-state index in [1.54, 1.807) is 13.3 Å². The Balaban J connectivity index is 1.83. The molecule has 0 amide bonds. The lowest BCUT2D eigenvalue weighted by Crippen LogP contribution is -2.34. The minimum Gasteiger partial charge on any atom is -0.495 e. The Kier molecular flexibility index (Phi) is 7.29. The van der Waals surface area contributed by atoms with Gasteiger partial charge < -0.3 is 15.0 Å². The molecule has 0 aliphatic carbocycles. The van der Waals surface area contributed by atoms with Crippen molar-refractivity contribution < 1.29 is 4.74 Å². The van der Waals surface area contributed by atoms with E-state index < -0.39 is 0 Å². The van der Waals surface area contributed by atoms with Gasteiger partial charge in [-0.25, -0.2) is 0 Å². The molecule has 162 valence electrons. The van der Waals surface area contributed by atoms with Gasteiger partial charge in [-0.15, -0.1) is 0 Å². The smallest absolute Gasteiger partial charge is 0.174 e. The second-order valence-corrected chi connectivity index (χ2v) is 9.18. The monoisotopic (exact) mass is 433 g/mol. The number of rotatable bonds is 6. The largest absolute Gasteiger partial charge is 0.495 e. The van der Waals surface area contributed by atoms with Crippen molar-refractivity contribution in [3.63, 3.8) is 0 Å². The van der Waals surface area contributed by atoms with Crippen LogP contribution >= 0.6 is 12.2 Å². The third kappa shape index (κ3) is 6.28. The van der Waals surface area contributed by atoms with Crippen LogP contribution in [-0.4, -0.2) is 22.1 Å². The molecule has 3 rings (SSSR count). The highest BCUT2D eigenvalue weighted by atomic mass is 32.1. The summed E-state index contributed by atoms with van der Waals surface area (Å²) in [6.07, 6.45) is 3.66. The predicted molar refractivity (Wildman–Crippen MR) is 133 cm³/mol. The van der Waals surface area contributed by atoms with Gasteiger partial charge >= 0.3 is 0 Å². The highest BCUT2D eigenvalue weighted by molar-refractivity contribution is 7.80. The summed E-state index contributed by atoms with van der Waals surface area (Å²) in [5.74, 6) is 0.776. The molecule has 0 radical (unpaired) electrons. The minimum absolute atomic E-state index is 0.132. The molecule has 0 spiro atoms. The molecule has 0 bridgehead atoms. The summed E-state index contributed by atoms with van der Waals surface area (Å²) < 4.78 is 5.54. The average molecular weight is 434 g/mol. The Morgan fingerprint density at radius 3 is 2.35 bits per heavy atom. The molecule has 1 N–H and O–H groups in total. The summed E-state index contributed by atoms with van der Waals surface area (Å²) in [6, 6.07) is 18.8. The number of nitrogens with one attached hydrogen (secondary N) is 1. The summed E-state index contributed by atoms with van der Waals surface area (Å²) in [7, 11) is 1.67. The number of aromatic nitrogens is 1. The first-order valence-electron chi connectivity index (χ1n) is 10.4. The number of methoxy groups -OCH3 is 1. The maximum absolute atomic E-state index is 5.82. The molecule has 0 aliphatic heterocycles. The molecule has 0 aliphatic rings. The Hall–Kier alpha value is -2.92. The number of pyridine rings is 1. The molecule has 0 fully saturated rings. The van der Waals surface area contributed by atoms with Gasteiger partial charge in [0, 0.05) is 25.5 Å². The van der Waals surface area contributed by atoms with Crippen molar-refractivity contribution in [2.75, 3.05) is 12.4 Å². The van der Waals surface area contributed by atoms with Gasteiger partial charge in [0.15, 0.2) is 5.11 Å². The van der Waals surface area contributed by atoms with Crippen LogP contribution in [0, 0.1) is 6.92 Å². The Morgan fingerprint density at radius 2 is 1.74 bits per heavy atom. The molecule has 0 unspecified atom stereocenters. The normalized spacial score (nSPS) is 11.1. The number of hydrogen-bond acceptors (Lipinski definition) is 3. The van der Waals surface area contributed by atoms with E-state index in [2.05, 4.69) is 66.3 Å². The van der Waals surface area contributed by atoms with E-state index in [0.717, 1.165) is 22.6 Å². The third-order valence-corrected chi connectivity index (χ3v) is 5.54. The number of aryl methyl sites for hydroxylation is 1. The van der Waals surface area contributed by atoms with Crippen LogP contribution in [-0.2, 0) is 18.5 Å². The molecule has 4 nitrogen and oxygen atoms in total. The summed E-state index contributed by atoms with van der Waals surface area (Å²) in [6.45, 7) is 10.1. The van der Waals surface area contributed by atoms with Crippen LogP contribution in [0.2, 0.25) is 0 Å². The van der Waals surface area contributed by atoms with Crippen LogP contribution in [0.1, 0.15) is 43.0 Å². The quantitative estimate of drug-likeness (QED) is 0.476. The molecule has 2 aromatic carbocycles. The number of benzene rings is 2. The number of thiocarbonyl (C=S) groups is 1. The molecule has 3 aromatic rings. The van der Waals surface area contributed by atoms with Crippen molar-refractivity contribution in [1.82, 2.24) is 9.88 Å². The fraction of sp³-hybridized carbons (Fsp3) is 0.308. The average Bonchev–Trinajstić information content (AvgIpc) is 2.75. The van der Waals surface area contributed by atoms with Crippen LogP contribution < -0.4 is 10.1 Å². The van der Waals surface area contributed by atoms with Gasteiger partial charge in [-0.05, 0) is 65.0 Å². The molecule has 0 saturated heterocycles. The topological polar surface area (TPSA) is 37.4 Å². The van der Waals surface area contributed by atoms with Gasteiger partial charge in [-0.1, -0.05) is 57.2 Å². The van der Waals surface area contributed by atoms with Crippen molar-refractivity contribution in [3.8, 4) is 5.75 Å². The van der Waals surface area contributed by atoms with Crippen LogP contribution in [0.3, 0.4) is 0 Å². The molecular weight excluding hydrogens is 402 g/mol. The number of anilines is 1. The highest BCUT2D eigenvalue weighted by Gasteiger charge is 2.16. The van der Waals surface area contributed by atoms with E-state index in [4.69, 9.17) is 17.0 Å². The SMILES string of the molecule is COc1cc(C)ccc1NC(=S)N(Cc1ccc(C(C)(C)C)cc1)Cc1cccnc1. The van der Waals surface area contributed by atoms with Gasteiger partial charge in [-0.3, -0.25) is 4.98 Å². The molecule has 31 heavy (non-hydrogen) atoms. The Labute approximate surface area is 191 Å². The van der Waals surface area contributed by atoms with E-state index in [-0.39, 0.29) is 5.41 Å². The first-order chi connectivity index (χ1) is 14.8. The molecule has 0 saturated carbocycles. The maximum atomic E-state index is 5.82. The second kappa shape index (κ2) is 9.92. The minimum atomic E-state index is 0.132. The van der Waals surface area contributed by atoms with Crippen molar-refractivity contribution in [2.24, 2.45) is 0 Å². The van der Waals surface area contributed by atoms with Gasteiger partial charge in [0.2, 0.25) is 0 Å². The zero-order chi connectivity index (χ0) is 22.4. The first-order valence-corrected chi connectivity index (χ1v) is 10.9. The lowest BCUT2D eigenvalue weighted by molar-refractivity contribution is 0.408. The predicted octanol–water partition coefficient (Wildman–Crippen LogP) is 6.10. The molecule has 5 heteroatoms. The van der Waals surface area contributed by atoms with E-state index >= 15 is 0 Å². The fourth-order valence-corrected chi connectivity index (χ4v) is 3.58. The number of nitrogens with zero attached hydrogens (tertiary/aromatic N) is 2. The number of ether oxygens (including phenoxy) is 1. The van der Waals surface area contributed by atoms with Crippen LogP contribution in [0.25, 0.3) is 0 Å². The first kappa shape index (κ1) is 22.8. The highest BCUT2D eigenvalue weighted by Crippen LogP contribution is 2.26. The standard InChI is InChI=1S/C26H31N3OS/c1-19-8-13-23(24(15-19)30-5)28-25(31)29(18-21-7-6-14-27-16-21)17-20-9-11-22(12-10-20)26(2,3)4/h6-16H,17-18H2,1-5H3,(H,28,31). The lowest BCUT2D eigenvalue weighted by atomic mass is 9.87. The van der Waals surface area contributed by atoms with E-state index in [1.165, 1.54) is 11.1 Å². The maximum Gasteiger partial charge on any atom is 0.174 e. The molecular formula is C26H31N3OS. The summed E-state index contributed by atoms with van der Waals surface area (Å²) in [5.41, 5.74) is 5.76. The van der Waals surface area contributed by atoms with Crippen molar-refractivity contribution in [1.29, 1.82) is 0 Å². The van der Waals surface area contributed by atoms with Crippen LogP contribution in [0.4, 0.5) is 5.69 Å². The molecule has 0 atom stereocenters. The van der Waals surface area contributed by atoms with Crippen LogP contribution in [0.5, 0.6) is 5.75 Å². The Morgan fingerprint density at radius 1 is 1.03 bits per heavy atom.